The third kappa shape index (κ3) is 19.0. The minimum Gasteiger partial charge on any atom is -0.497 e. The number of nitrogens with zero attached hydrogens (tertiary/aromatic N) is 1. The molecule has 0 atom stereocenters. The fourth-order valence-corrected chi connectivity index (χ4v) is 0.557. The number of hydrogen-bond donors (Lipinski definition) is 1. The van der Waals surface area contributed by atoms with Crippen LogP contribution in [0.15, 0.2) is 30.3 Å². The molecule has 15 heavy (non-hydrogen) atoms. The number of hydrogen-bond acceptors (Lipinski definition) is 4. The van der Waals surface area contributed by atoms with Crippen LogP contribution < -0.4 is 4.74 Å². The molecule has 0 aliphatic carbocycles. The molecule has 0 heterocycles. The highest BCUT2D eigenvalue weighted by atomic mass is 16.6. The van der Waals surface area contributed by atoms with Crippen molar-refractivity contribution in [1.82, 2.24) is 0 Å². The van der Waals surface area contributed by atoms with Crippen molar-refractivity contribution in [3.8, 4) is 5.75 Å². The molecule has 0 radical (unpaired) electrons. The lowest BCUT2D eigenvalue weighted by atomic mass is 10.3. The Morgan fingerprint density at radius 2 is 1.73 bits per heavy atom. The molecule has 1 rings (SSSR count). The second kappa shape index (κ2) is 12.4. The maximum absolute atomic E-state index is 8.81. The standard InChI is InChI=1S/C7H8O.C2H6O.CH3NO2/c1-8-7-5-3-2-4-6-7;1-2-3;1-2(3)4/h2-6H,1H3;3H,2H2,1H3;1H3. The van der Waals surface area contributed by atoms with E-state index in [-0.39, 0.29) is 6.61 Å². The van der Waals surface area contributed by atoms with Gasteiger partial charge in [-0.05, 0) is 19.1 Å². The summed E-state index contributed by atoms with van der Waals surface area (Å²) in [5.41, 5.74) is 0. The van der Waals surface area contributed by atoms with Crippen molar-refractivity contribution < 1.29 is 14.8 Å². The number of methoxy groups -OCH3 is 1. The molecule has 0 fully saturated rings. The van der Waals surface area contributed by atoms with Crippen LogP contribution in [-0.2, 0) is 0 Å². The lowest BCUT2D eigenvalue weighted by Crippen LogP contribution is -1.79. The van der Waals surface area contributed by atoms with Gasteiger partial charge in [0, 0.05) is 11.5 Å². The summed E-state index contributed by atoms with van der Waals surface area (Å²) >= 11 is 0. The average molecular weight is 215 g/mol. The number of ether oxygens (including phenoxy) is 1. The molecule has 1 aromatic rings. The van der Waals surface area contributed by atoms with Crippen LogP contribution in [0, 0.1) is 10.1 Å². The van der Waals surface area contributed by atoms with Gasteiger partial charge >= 0.3 is 0 Å². The summed E-state index contributed by atoms with van der Waals surface area (Å²) in [6, 6.07) is 9.68. The Hall–Kier alpha value is -1.62. The van der Waals surface area contributed by atoms with E-state index < -0.39 is 4.92 Å². The Morgan fingerprint density at radius 1 is 1.40 bits per heavy atom. The molecule has 0 saturated heterocycles. The minimum absolute atomic E-state index is 0.250. The Morgan fingerprint density at radius 3 is 1.93 bits per heavy atom. The lowest BCUT2D eigenvalue weighted by Gasteiger charge is -1.93. The second-order valence-electron chi connectivity index (χ2n) is 2.27. The van der Waals surface area contributed by atoms with Crippen LogP contribution in [0.5, 0.6) is 5.75 Å². The Kier molecular flexibility index (Phi) is 13.1. The van der Waals surface area contributed by atoms with Crippen molar-refractivity contribution in [3.63, 3.8) is 0 Å². The van der Waals surface area contributed by atoms with Crippen molar-refractivity contribution in [2.45, 2.75) is 6.92 Å². The van der Waals surface area contributed by atoms with Gasteiger partial charge in [-0.3, -0.25) is 10.1 Å². The van der Waals surface area contributed by atoms with E-state index in [1.54, 1.807) is 14.0 Å². The zero-order chi connectivity index (χ0) is 12.1. The maximum Gasteiger partial charge on any atom is 0.194 e. The van der Waals surface area contributed by atoms with E-state index in [0.717, 1.165) is 12.8 Å². The summed E-state index contributed by atoms with van der Waals surface area (Å²) in [6.07, 6.45) is 0. The summed E-state index contributed by atoms with van der Waals surface area (Å²) < 4.78 is 4.91. The van der Waals surface area contributed by atoms with Gasteiger partial charge in [0.25, 0.3) is 0 Å². The van der Waals surface area contributed by atoms with E-state index in [4.69, 9.17) is 20.0 Å². The second-order valence-corrected chi connectivity index (χ2v) is 2.27. The first-order valence-corrected chi connectivity index (χ1v) is 4.36. The van der Waals surface area contributed by atoms with Crippen LogP contribution in [0.4, 0.5) is 0 Å². The fraction of sp³-hybridized carbons (Fsp3) is 0.400. The highest BCUT2D eigenvalue weighted by molar-refractivity contribution is 5.20. The molecule has 0 saturated carbocycles. The first-order chi connectivity index (χ1) is 7.08. The first kappa shape index (κ1) is 15.8. The largest absolute Gasteiger partial charge is 0.497 e. The summed E-state index contributed by atoms with van der Waals surface area (Å²) in [5, 5.41) is 16.4. The molecule has 5 heteroatoms. The smallest absolute Gasteiger partial charge is 0.194 e. The number of benzene rings is 1. The number of aliphatic hydroxyl groups is 1. The van der Waals surface area contributed by atoms with Crippen LogP contribution in [0.3, 0.4) is 0 Å². The van der Waals surface area contributed by atoms with Crippen LogP contribution >= 0.6 is 0 Å². The number of aliphatic hydroxyl groups excluding tert-OH is 1. The van der Waals surface area contributed by atoms with Crippen molar-refractivity contribution >= 4 is 0 Å². The summed E-state index contributed by atoms with van der Waals surface area (Å²) in [6.45, 7) is 1.93. The van der Waals surface area contributed by atoms with Gasteiger partial charge in [0.1, 0.15) is 5.75 Å². The van der Waals surface area contributed by atoms with Gasteiger partial charge in [0.15, 0.2) is 7.05 Å². The van der Waals surface area contributed by atoms with Gasteiger partial charge in [-0.1, -0.05) is 18.2 Å². The van der Waals surface area contributed by atoms with E-state index in [1.165, 1.54) is 0 Å². The third-order valence-electron chi connectivity index (χ3n) is 0.979. The maximum atomic E-state index is 8.81. The quantitative estimate of drug-likeness (QED) is 0.570. The van der Waals surface area contributed by atoms with Crippen molar-refractivity contribution in [2.75, 3.05) is 20.8 Å². The van der Waals surface area contributed by atoms with E-state index in [0.29, 0.717) is 0 Å². The molecule has 0 unspecified atom stereocenters. The van der Waals surface area contributed by atoms with E-state index in [2.05, 4.69) is 0 Å². The van der Waals surface area contributed by atoms with Gasteiger partial charge in [0.05, 0.1) is 7.11 Å². The molecule has 0 spiro atoms. The predicted molar refractivity (Wildman–Crippen MR) is 58.7 cm³/mol. The van der Waals surface area contributed by atoms with E-state index in [1.807, 2.05) is 30.3 Å². The molecular formula is C10H17NO4. The molecule has 86 valence electrons. The summed E-state index contributed by atoms with van der Waals surface area (Å²) in [5.74, 6) is 0.910. The van der Waals surface area contributed by atoms with Crippen LogP contribution in [0.1, 0.15) is 6.92 Å². The van der Waals surface area contributed by atoms with Crippen LogP contribution in [0.25, 0.3) is 0 Å². The molecule has 5 nitrogen and oxygen atoms in total. The molecule has 0 aliphatic heterocycles. The average Bonchev–Trinajstić information content (AvgIpc) is 2.19. The molecule has 0 bridgehead atoms. The normalized spacial score (nSPS) is 7.47. The van der Waals surface area contributed by atoms with Gasteiger partial charge in [-0.15, -0.1) is 0 Å². The number of rotatable bonds is 1. The predicted octanol–water partition coefficient (Wildman–Crippen LogP) is 1.59. The van der Waals surface area contributed by atoms with E-state index >= 15 is 0 Å². The van der Waals surface area contributed by atoms with Crippen LogP contribution in [-0.4, -0.2) is 30.8 Å². The molecule has 0 aliphatic rings. The fourth-order valence-electron chi connectivity index (χ4n) is 0.557. The van der Waals surface area contributed by atoms with Crippen molar-refractivity contribution in [1.29, 1.82) is 0 Å². The Bertz CT molecular complexity index is 234. The number of para-hydroxylation sites is 1. The third-order valence-corrected chi connectivity index (χ3v) is 0.979. The molecule has 0 aromatic heterocycles. The van der Waals surface area contributed by atoms with Gasteiger partial charge in [-0.25, -0.2) is 0 Å². The topological polar surface area (TPSA) is 72.6 Å². The summed E-state index contributed by atoms with van der Waals surface area (Å²) in [4.78, 5) is 8.31. The molecular weight excluding hydrogens is 198 g/mol. The molecule has 1 N–H and O–H groups in total. The summed E-state index contributed by atoms with van der Waals surface area (Å²) in [7, 11) is 2.55. The van der Waals surface area contributed by atoms with Crippen molar-refractivity contribution in [3.05, 3.63) is 40.4 Å². The zero-order valence-electron chi connectivity index (χ0n) is 9.21. The minimum atomic E-state index is -0.500. The first-order valence-electron chi connectivity index (χ1n) is 4.36. The van der Waals surface area contributed by atoms with Gasteiger partial charge in [0.2, 0.25) is 0 Å². The van der Waals surface area contributed by atoms with Gasteiger partial charge in [-0.2, -0.15) is 0 Å². The van der Waals surface area contributed by atoms with Crippen LogP contribution in [0.2, 0.25) is 0 Å². The highest BCUT2D eigenvalue weighted by Crippen LogP contribution is 2.05. The Balaban J connectivity index is 0. The van der Waals surface area contributed by atoms with Gasteiger partial charge < -0.3 is 9.84 Å². The lowest BCUT2D eigenvalue weighted by molar-refractivity contribution is -0.445. The Labute approximate surface area is 89.5 Å². The number of nitro groups is 1. The van der Waals surface area contributed by atoms with Crippen molar-refractivity contribution in [2.24, 2.45) is 0 Å². The molecule has 0 amide bonds. The SMILES string of the molecule is CCO.COc1ccccc1.C[N+](=O)[O-]. The highest BCUT2D eigenvalue weighted by Gasteiger charge is 1.80. The molecule has 1 aromatic carbocycles. The zero-order valence-corrected chi connectivity index (χ0v) is 9.21. The monoisotopic (exact) mass is 215 g/mol. The van der Waals surface area contributed by atoms with E-state index in [9.17, 15) is 0 Å².